The van der Waals surface area contributed by atoms with E-state index in [1.165, 1.54) is 43.1 Å². The van der Waals surface area contributed by atoms with Crippen LogP contribution in [0.1, 0.15) is 0 Å². The Morgan fingerprint density at radius 2 is 1.04 bits per heavy atom. The van der Waals surface area contributed by atoms with E-state index >= 15 is 0 Å². The summed E-state index contributed by atoms with van der Waals surface area (Å²) >= 11 is 0. The van der Waals surface area contributed by atoms with Gasteiger partial charge in [-0.25, -0.2) is 9.97 Å². The van der Waals surface area contributed by atoms with Gasteiger partial charge in [-0.1, -0.05) is 127 Å². The summed E-state index contributed by atoms with van der Waals surface area (Å²) < 4.78 is 15.7. The van der Waals surface area contributed by atoms with Gasteiger partial charge in [0, 0.05) is 44.1 Å². The quantitative estimate of drug-likeness (QED) is 0.169. The van der Waals surface area contributed by atoms with Crippen LogP contribution in [0.2, 0.25) is 0 Å². The van der Waals surface area contributed by atoms with Gasteiger partial charge in [0.2, 0.25) is 0 Å². The summed E-state index contributed by atoms with van der Waals surface area (Å²) in [5.74, 6) is 0.674. The number of rotatable bonds is 4. The predicted octanol–water partition coefficient (Wildman–Crippen LogP) is 14.1. The van der Waals surface area contributed by atoms with Crippen LogP contribution < -0.4 is 0 Å². The molecular formula is C52H29N3O2. The molecule has 0 unspecified atom stereocenters. The van der Waals surface area contributed by atoms with Crippen molar-refractivity contribution in [2.75, 3.05) is 0 Å². The highest BCUT2D eigenvalue weighted by molar-refractivity contribution is 6.33. The minimum Gasteiger partial charge on any atom is -0.456 e. The minimum atomic E-state index is 0.674. The zero-order valence-corrected chi connectivity index (χ0v) is 30.4. The van der Waals surface area contributed by atoms with Gasteiger partial charge in [0.1, 0.15) is 28.0 Å². The highest BCUT2D eigenvalue weighted by Gasteiger charge is 2.22. The number of nitrogens with zero attached hydrogens (tertiary/aromatic N) is 3. The number of benzene rings is 9. The zero-order valence-electron chi connectivity index (χ0n) is 30.4. The molecule has 0 saturated heterocycles. The normalized spacial score (nSPS) is 12.2. The highest BCUT2D eigenvalue weighted by atomic mass is 16.3. The Morgan fingerprint density at radius 1 is 0.368 bits per heavy atom. The van der Waals surface area contributed by atoms with Crippen LogP contribution in [0.5, 0.6) is 0 Å². The molecule has 0 saturated carbocycles. The van der Waals surface area contributed by atoms with Crippen molar-refractivity contribution in [3.8, 4) is 39.5 Å². The number of fused-ring (bicyclic) bond motifs is 9. The van der Waals surface area contributed by atoms with Crippen molar-refractivity contribution >= 4 is 87.4 Å². The molecule has 0 aliphatic carbocycles. The van der Waals surface area contributed by atoms with Crippen LogP contribution in [0, 0.1) is 0 Å². The number of hydrogen-bond acceptors (Lipinski definition) is 4. The standard InChI is InChI=1S/C52H29N3O2/c1-3-12-30(13-4-1)49-51-50(54-52(53-49)31-14-5-2-6-15-31)39-24-22-33(27-45(39)57-51)32-23-25-43-40(26-32)37-18-9-10-20-42(37)55(43)34-28-41-36-17-8-7-16-35(36)38-19-11-21-44-47(38)48(41)46(29-34)56-44/h1-29H. The third-order valence-corrected chi connectivity index (χ3v) is 11.7. The molecule has 0 bridgehead atoms. The SMILES string of the molecule is c1ccc(-c2nc(-c3ccccc3)c3oc4cc(-c5ccc6c(c5)c5ccccc5n6-c5cc6oc7cccc8c9ccccc9c(c5)c6c78)ccc4c3n2)cc1. The van der Waals surface area contributed by atoms with Crippen LogP contribution >= 0.6 is 0 Å². The van der Waals surface area contributed by atoms with Gasteiger partial charge in [-0.2, -0.15) is 0 Å². The lowest BCUT2D eigenvalue weighted by atomic mass is 9.94. The van der Waals surface area contributed by atoms with E-state index in [1.54, 1.807) is 0 Å². The molecule has 0 aliphatic rings. The molecule has 57 heavy (non-hydrogen) atoms. The Morgan fingerprint density at radius 3 is 1.88 bits per heavy atom. The molecule has 5 nitrogen and oxygen atoms in total. The lowest BCUT2D eigenvalue weighted by Gasteiger charge is -2.12. The fraction of sp³-hybridized carbons (Fsp3) is 0. The van der Waals surface area contributed by atoms with Gasteiger partial charge in [0.25, 0.3) is 0 Å². The second-order valence-electron chi connectivity index (χ2n) is 14.9. The van der Waals surface area contributed by atoms with Crippen molar-refractivity contribution in [3.05, 3.63) is 176 Å². The van der Waals surface area contributed by atoms with Crippen molar-refractivity contribution in [1.82, 2.24) is 14.5 Å². The Bertz CT molecular complexity index is 3740. The number of aromatic nitrogens is 3. The zero-order chi connectivity index (χ0) is 37.2. The summed E-state index contributed by atoms with van der Waals surface area (Å²) in [6.45, 7) is 0. The maximum atomic E-state index is 6.68. The molecule has 4 aromatic heterocycles. The average Bonchev–Trinajstić information content (AvgIpc) is 3.95. The first-order chi connectivity index (χ1) is 28.2. The van der Waals surface area contributed by atoms with Gasteiger partial charge < -0.3 is 13.4 Å². The van der Waals surface area contributed by atoms with E-state index < -0.39 is 0 Å². The molecule has 0 aliphatic heterocycles. The van der Waals surface area contributed by atoms with E-state index in [0.717, 1.165) is 72.3 Å². The van der Waals surface area contributed by atoms with E-state index in [2.05, 4.69) is 132 Å². The first kappa shape index (κ1) is 30.6. The number of furan rings is 2. The highest BCUT2D eigenvalue weighted by Crippen LogP contribution is 2.45. The van der Waals surface area contributed by atoms with E-state index in [4.69, 9.17) is 18.8 Å². The second-order valence-corrected chi connectivity index (χ2v) is 14.9. The van der Waals surface area contributed by atoms with E-state index in [0.29, 0.717) is 11.4 Å². The van der Waals surface area contributed by atoms with Gasteiger partial charge in [-0.3, -0.25) is 0 Å². The largest absolute Gasteiger partial charge is 0.456 e. The van der Waals surface area contributed by atoms with Crippen molar-refractivity contribution < 1.29 is 8.83 Å². The van der Waals surface area contributed by atoms with Crippen LogP contribution in [0.3, 0.4) is 0 Å². The molecule has 9 aromatic carbocycles. The summed E-state index contributed by atoms with van der Waals surface area (Å²) in [4.78, 5) is 10.1. The fourth-order valence-electron chi connectivity index (χ4n) is 9.21. The van der Waals surface area contributed by atoms with Crippen LogP contribution in [-0.4, -0.2) is 14.5 Å². The van der Waals surface area contributed by atoms with Gasteiger partial charge in [0.15, 0.2) is 11.4 Å². The van der Waals surface area contributed by atoms with Gasteiger partial charge >= 0.3 is 0 Å². The lowest BCUT2D eigenvalue weighted by Crippen LogP contribution is -1.94. The number of para-hydroxylation sites is 1. The smallest absolute Gasteiger partial charge is 0.180 e. The van der Waals surface area contributed by atoms with E-state index in [9.17, 15) is 0 Å². The van der Waals surface area contributed by atoms with E-state index in [1.807, 2.05) is 48.5 Å². The lowest BCUT2D eigenvalue weighted by molar-refractivity contribution is 0.667. The van der Waals surface area contributed by atoms with Gasteiger partial charge in [-0.05, 0) is 75.1 Å². The topological polar surface area (TPSA) is 57.0 Å². The fourth-order valence-corrected chi connectivity index (χ4v) is 9.21. The molecule has 0 radical (unpaired) electrons. The molecule has 13 rings (SSSR count). The minimum absolute atomic E-state index is 0.674. The molecule has 5 heteroatoms. The third-order valence-electron chi connectivity index (χ3n) is 11.7. The van der Waals surface area contributed by atoms with Crippen molar-refractivity contribution in [2.24, 2.45) is 0 Å². The first-order valence-electron chi connectivity index (χ1n) is 19.2. The molecule has 0 amide bonds. The Kier molecular flexibility index (Phi) is 6.10. The van der Waals surface area contributed by atoms with Crippen molar-refractivity contribution in [1.29, 1.82) is 0 Å². The molecule has 0 fully saturated rings. The molecule has 13 aromatic rings. The van der Waals surface area contributed by atoms with Crippen molar-refractivity contribution in [3.63, 3.8) is 0 Å². The van der Waals surface area contributed by atoms with Crippen LogP contribution in [-0.2, 0) is 0 Å². The Labute approximate surface area is 325 Å². The van der Waals surface area contributed by atoms with Crippen LogP contribution in [0.4, 0.5) is 0 Å². The monoisotopic (exact) mass is 727 g/mol. The molecule has 0 atom stereocenters. The second kappa shape index (κ2) is 11.4. The third kappa shape index (κ3) is 4.34. The van der Waals surface area contributed by atoms with Crippen LogP contribution in [0.25, 0.3) is 127 Å². The van der Waals surface area contributed by atoms with E-state index in [-0.39, 0.29) is 0 Å². The maximum Gasteiger partial charge on any atom is 0.180 e. The van der Waals surface area contributed by atoms with Crippen LogP contribution in [0.15, 0.2) is 185 Å². The first-order valence-corrected chi connectivity index (χ1v) is 19.2. The van der Waals surface area contributed by atoms with Crippen molar-refractivity contribution in [2.45, 2.75) is 0 Å². The molecule has 4 heterocycles. The summed E-state index contributed by atoms with van der Waals surface area (Å²) in [6, 6.07) is 61.9. The molecule has 0 N–H and O–H groups in total. The predicted molar refractivity (Wildman–Crippen MR) is 233 cm³/mol. The number of hydrogen-bond donors (Lipinski definition) is 0. The Hall–Kier alpha value is -7.76. The summed E-state index contributed by atoms with van der Waals surface area (Å²) in [5, 5.41) is 10.6. The summed E-state index contributed by atoms with van der Waals surface area (Å²) in [5.41, 5.74) is 12.3. The van der Waals surface area contributed by atoms with Gasteiger partial charge in [-0.15, -0.1) is 0 Å². The molecule has 264 valence electrons. The summed E-state index contributed by atoms with van der Waals surface area (Å²) in [7, 11) is 0. The maximum absolute atomic E-state index is 6.68. The molecule has 0 spiro atoms. The molecular weight excluding hydrogens is 699 g/mol. The summed E-state index contributed by atoms with van der Waals surface area (Å²) in [6.07, 6.45) is 0. The average molecular weight is 728 g/mol. The Balaban J connectivity index is 1.00. The van der Waals surface area contributed by atoms with Gasteiger partial charge in [0.05, 0.1) is 16.7 Å².